The largest absolute Gasteiger partial charge is 0.318 e. The summed E-state index contributed by atoms with van der Waals surface area (Å²) in [7, 11) is 0. The number of nitrogens with zero attached hydrogens (tertiary/aromatic N) is 1. The molecule has 1 aliphatic rings. The summed E-state index contributed by atoms with van der Waals surface area (Å²) in [6, 6.07) is 9.76. The number of anilines is 1. The van der Waals surface area contributed by atoms with E-state index >= 15 is 0 Å². The SMILES string of the molecule is O=C(Nc1c(-c2ccc(F)cc2)n[nH]c1C1CC1)c1cccs1. The highest BCUT2D eigenvalue weighted by Crippen LogP contribution is 2.45. The molecule has 0 saturated heterocycles. The quantitative estimate of drug-likeness (QED) is 0.746. The standard InChI is InChI=1S/C17H14FN3OS/c18-12-7-5-11(6-8-12)15-16(14(20-21-15)10-3-4-10)19-17(22)13-2-1-9-23-13/h1-2,5-10H,3-4H2,(H,19,22)(H,20,21). The minimum Gasteiger partial charge on any atom is -0.318 e. The number of benzene rings is 1. The van der Waals surface area contributed by atoms with Crippen molar-refractivity contribution in [2.45, 2.75) is 18.8 Å². The van der Waals surface area contributed by atoms with E-state index in [0.717, 1.165) is 24.1 Å². The van der Waals surface area contributed by atoms with Gasteiger partial charge >= 0.3 is 0 Å². The molecule has 2 heterocycles. The molecule has 0 bridgehead atoms. The number of rotatable bonds is 4. The van der Waals surface area contributed by atoms with E-state index in [0.29, 0.717) is 22.2 Å². The fraction of sp³-hybridized carbons (Fsp3) is 0.176. The van der Waals surface area contributed by atoms with Gasteiger partial charge in [-0.25, -0.2) is 4.39 Å². The van der Waals surface area contributed by atoms with Crippen LogP contribution in [0.15, 0.2) is 41.8 Å². The molecule has 1 saturated carbocycles. The first-order valence-corrected chi connectivity index (χ1v) is 8.29. The van der Waals surface area contributed by atoms with Crippen LogP contribution < -0.4 is 5.32 Å². The van der Waals surface area contributed by atoms with Crippen molar-refractivity contribution in [3.8, 4) is 11.3 Å². The van der Waals surface area contributed by atoms with Gasteiger partial charge in [-0.2, -0.15) is 5.10 Å². The molecule has 0 atom stereocenters. The highest BCUT2D eigenvalue weighted by atomic mass is 32.1. The first kappa shape index (κ1) is 14.1. The Bertz CT molecular complexity index is 835. The number of nitrogens with one attached hydrogen (secondary N) is 2. The average molecular weight is 327 g/mol. The van der Waals surface area contributed by atoms with E-state index in [1.165, 1.54) is 23.5 Å². The van der Waals surface area contributed by atoms with Gasteiger partial charge in [-0.1, -0.05) is 6.07 Å². The molecule has 2 aromatic heterocycles. The zero-order valence-corrected chi connectivity index (χ0v) is 13.0. The number of H-pyrrole nitrogens is 1. The smallest absolute Gasteiger partial charge is 0.265 e. The minimum atomic E-state index is -0.295. The topological polar surface area (TPSA) is 57.8 Å². The monoisotopic (exact) mass is 327 g/mol. The summed E-state index contributed by atoms with van der Waals surface area (Å²) in [6.45, 7) is 0. The molecule has 116 valence electrons. The molecular weight excluding hydrogens is 313 g/mol. The van der Waals surface area contributed by atoms with Gasteiger partial charge in [-0.15, -0.1) is 11.3 Å². The molecule has 1 amide bonds. The molecule has 0 aliphatic heterocycles. The Balaban J connectivity index is 1.72. The number of amides is 1. The van der Waals surface area contributed by atoms with Gasteiger partial charge < -0.3 is 5.32 Å². The highest BCUT2D eigenvalue weighted by molar-refractivity contribution is 7.12. The molecule has 3 aromatic rings. The lowest BCUT2D eigenvalue weighted by Crippen LogP contribution is -2.11. The van der Waals surface area contributed by atoms with Crippen LogP contribution in [-0.4, -0.2) is 16.1 Å². The van der Waals surface area contributed by atoms with E-state index in [2.05, 4.69) is 15.5 Å². The molecular formula is C17H14FN3OS. The molecule has 6 heteroatoms. The third-order valence-corrected chi connectivity index (χ3v) is 4.75. The predicted octanol–water partition coefficient (Wildman–Crippen LogP) is 4.41. The maximum absolute atomic E-state index is 13.1. The lowest BCUT2D eigenvalue weighted by atomic mass is 10.1. The molecule has 2 N–H and O–H groups in total. The van der Waals surface area contributed by atoms with Crippen molar-refractivity contribution < 1.29 is 9.18 Å². The maximum atomic E-state index is 13.1. The zero-order valence-electron chi connectivity index (χ0n) is 12.2. The third-order valence-electron chi connectivity index (χ3n) is 3.88. The summed E-state index contributed by atoms with van der Waals surface area (Å²) in [4.78, 5) is 13.1. The van der Waals surface area contributed by atoms with Crippen LogP contribution in [0.4, 0.5) is 10.1 Å². The summed E-state index contributed by atoms with van der Waals surface area (Å²) < 4.78 is 13.1. The number of carbonyl (C=O) groups is 1. The molecule has 1 fully saturated rings. The van der Waals surface area contributed by atoms with Crippen molar-refractivity contribution in [3.63, 3.8) is 0 Å². The molecule has 4 nitrogen and oxygen atoms in total. The lowest BCUT2D eigenvalue weighted by Gasteiger charge is -2.07. The van der Waals surface area contributed by atoms with Crippen LogP contribution in [0.2, 0.25) is 0 Å². The van der Waals surface area contributed by atoms with Crippen molar-refractivity contribution in [1.82, 2.24) is 10.2 Å². The van der Waals surface area contributed by atoms with Crippen LogP contribution in [0.5, 0.6) is 0 Å². The van der Waals surface area contributed by atoms with Gasteiger partial charge in [0.05, 0.1) is 16.3 Å². The molecule has 4 rings (SSSR count). The van der Waals surface area contributed by atoms with Crippen molar-refractivity contribution in [2.75, 3.05) is 5.32 Å². The first-order valence-electron chi connectivity index (χ1n) is 7.41. The van der Waals surface area contributed by atoms with Crippen LogP contribution in [-0.2, 0) is 0 Å². The number of thiophene rings is 1. The summed E-state index contributed by atoms with van der Waals surface area (Å²) in [5.41, 5.74) is 3.08. The van der Waals surface area contributed by atoms with Crippen molar-refractivity contribution in [3.05, 3.63) is 58.2 Å². The second-order valence-corrected chi connectivity index (χ2v) is 6.52. The van der Waals surface area contributed by atoms with Crippen LogP contribution in [0, 0.1) is 5.82 Å². The molecule has 0 unspecified atom stereocenters. The van der Waals surface area contributed by atoms with Gasteiger partial charge in [-0.05, 0) is 48.6 Å². The number of hydrogen-bond acceptors (Lipinski definition) is 3. The summed E-state index contributed by atoms with van der Waals surface area (Å²) in [5.74, 6) is -0.0298. The van der Waals surface area contributed by atoms with Crippen LogP contribution >= 0.6 is 11.3 Å². The van der Waals surface area contributed by atoms with Crippen LogP contribution in [0.25, 0.3) is 11.3 Å². The Morgan fingerprint density at radius 1 is 1.26 bits per heavy atom. The van der Waals surface area contributed by atoms with Crippen molar-refractivity contribution in [1.29, 1.82) is 0 Å². The van der Waals surface area contributed by atoms with Gasteiger partial charge in [0.25, 0.3) is 5.91 Å². The Morgan fingerprint density at radius 3 is 2.70 bits per heavy atom. The second-order valence-electron chi connectivity index (χ2n) is 5.57. The van der Waals surface area contributed by atoms with Gasteiger partial charge in [0.2, 0.25) is 0 Å². The fourth-order valence-electron chi connectivity index (χ4n) is 2.55. The van der Waals surface area contributed by atoms with Crippen molar-refractivity contribution >= 4 is 22.9 Å². The molecule has 23 heavy (non-hydrogen) atoms. The number of aromatic nitrogens is 2. The molecule has 0 radical (unpaired) electrons. The normalized spacial score (nSPS) is 14.0. The molecule has 1 aromatic carbocycles. The van der Waals surface area contributed by atoms with E-state index < -0.39 is 0 Å². The average Bonchev–Trinajstić information content (AvgIpc) is 3.09. The van der Waals surface area contributed by atoms with E-state index in [9.17, 15) is 9.18 Å². The van der Waals surface area contributed by atoms with Crippen LogP contribution in [0.3, 0.4) is 0 Å². The van der Waals surface area contributed by atoms with E-state index in [-0.39, 0.29) is 11.7 Å². The van der Waals surface area contributed by atoms with Gasteiger partial charge in [-0.3, -0.25) is 9.89 Å². The Morgan fingerprint density at radius 2 is 2.04 bits per heavy atom. The third kappa shape index (κ3) is 2.77. The summed E-state index contributed by atoms with van der Waals surface area (Å²) >= 11 is 1.39. The first-order chi connectivity index (χ1) is 11.2. The number of halogens is 1. The van der Waals surface area contributed by atoms with Gasteiger partial charge in [0.15, 0.2) is 0 Å². The van der Waals surface area contributed by atoms with Gasteiger partial charge in [0.1, 0.15) is 11.5 Å². The Kier molecular flexibility index (Phi) is 3.46. The fourth-order valence-corrected chi connectivity index (χ4v) is 3.17. The van der Waals surface area contributed by atoms with E-state index in [1.807, 2.05) is 11.4 Å². The molecule has 0 spiro atoms. The predicted molar refractivity (Wildman–Crippen MR) is 88.2 cm³/mol. The van der Waals surface area contributed by atoms with E-state index in [4.69, 9.17) is 0 Å². The number of carbonyl (C=O) groups excluding carboxylic acids is 1. The van der Waals surface area contributed by atoms with Crippen molar-refractivity contribution in [2.24, 2.45) is 0 Å². The number of hydrogen-bond donors (Lipinski definition) is 2. The number of aromatic amines is 1. The minimum absolute atomic E-state index is 0.147. The Labute approximate surface area is 136 Å². The maximum Gasteiger partial charge on any atom is 0.265 e. The van der Waals surface area contributed by atoms with E-state index in [1.54, 1.807) is 18.2 Å². The summed E-state index contributed by atoms with van der Waals surface area (Å²) in [6.07, 6.45) is 2.18. The molecule has 1 aliphatic carbocycles. The summed E-state index contributed by atoms with van der Waals surface area (Å²) in [5, 5.41) is 12.2. The highest BCUT2D eigenvalue weighted by Gasteiger charge is 2.31. The second kappa shape index (κ2) is 5.62. The zero-order chi connectivity index (χ0) is 15.8. The lowest BCUT2D eigenvalue weighted by molar-refractivity contribution is 0.103. The van der Waals surface area contributed by atoms with Gasteiger partial charge in [0, 0.05) is 11.5 Å². The van der Waals surface area contributed by atoms with Crippen LogP contribution in [0.1, 0.15) is 34.1 Å². The Hall–Kier alpha value is -2.47.